The highest BCUT2D eigenvalue weighted by Gasteiger charge is 2.31. The lowest BCUT2D eigenvalue weighted by Gasteiger charge is -2.09. The first-order valence-corrected chi connectivity index (χ1v) is 7.18. The number of carbonyl (C=O) groups excluding carboxylic acids is 2. The summed E-state index contributed by atoms with van der Waals surface area (Å²) in [6, 6.07) is 4.42. The SMILES string of the molecule is CCOC(=O)/C(=C/c1cccc(C(F)(F)F)c1)C(=O)NC1CC1. The molecule has 0 bridgehead atoms. The largest absolute Gasteiger partial charge is 0.462 e. The summed E-state index contributed by atoms with van der Waals surface area (Å²) < 4.78 is 43.0. The van der Waals surface area contributed by atoms with E-state index in [-0.39, 0.29) is 23.8 Å². The molecule has 7 heteroatoms. The molecule has 0 atom stereocenters. The van der Waals surface area contributed by atoms with Gasteiger partial charge in [-0.3, -0.25) is 4.79 Å². The molecule has 4 nitrogen and oxygen atoms in total. The predicted octanol–water partition coefficient (Wildman–Crippen LogP) is 2.93. The van der Waals surface area contributed by atoms with Crippen LogP contribution < -0.4 is 5.32 Å². The lowest BCUT2D eigenvalue weighted by atomic mass is 10.1. The van der Waals surface area contributed by atoms with Crippen LogP contribution in [0.5, 0.6) is 0 Å². The zero-order valence-corrected chi connectivity index (χ0v) is 12.4. The van der Waals surface area contributed by atoms with Gasteiger partial charge in [-0.25, -0.2) is 4.79 Å². The van der Waals surface area contributed by atoms with Crippen LogP contribution in [0.1, 0.15) is 30.9 Å². The first-order chi connectivity index (χ1) is 10.8. The van der Waals surface area contributed by atoms with Crippen molar-refractivity contribution < 1.29 is 27.5 Å². The fourth-order valence-corrected chi connectivity index (χ4v) is 1.89. The highest BCUT2D eigenvalue weighted by atomic mass is 19.4. The molecule has 1 aromatic carbocycles. The summed E-state index contributed by atoms with van der Waals surface area (Å²) in [4.78, 5) is 24.0. The van der Waals surface area contributed by atoms with Crippen molar-refractivity contribution in [3.8, 4) is 0 Å². The van der Waals surface area contributed by atoms with Crippen molar-refractivity contribution in [2.75, 3.05) is 6.61 Å². The molecule has 1 amide bonds. The van der Waals surface area contributed by atoms with Gasteiger partial charge in [0.25, 0.3) is 5.91 Å². The van der Waals surface area contributed by atoms with Gasteiger partial charge in [0.2, 0.25) is 0 Å². The predicted molar refractivity (Wildman–Crippen MR) is 77.2 cm³/mol. The summed E-state index contributed by atoms with van der Waals surface area (Å²) in [5.74, 6) is -1.49. The Kier molecular flexibility index (Phi) is 5.08. The Morgan fingerprint density at radius 2 is 2.04 bits per heavy atom. The van der Waals surface area contributed by atoms with Gasteiger partial charge in [-0.05, 0) is 43.5 Å². The molecular formula is C16H16F3NO3. The molecule has 2 rings (SSSR count). The summed E-state index contributed by atoms with van der Waals surface area (Å²) in [5.41, 5.74) is -1.05. The number of hydrogen-bond donors (Lipinski definition) is 1. The zero-order chi connectivity index (χ0) is 17.0. The van der Waals surface area contributed by atoms with E-state index < -0.39 is 23.6 Å². The van der Waals surface area contributed by atoms with Gasteiger partial charge in [-0.1, -0.05) is 12.1 Å². The maximum absolute atomic E-state index is 12.7. The standard InChI is InChI=1S/C16H16F3NO3/c1-2-23-15(22)13(14(21)20-12-6-7-12)9-10-4-3-5-11(8-10)16(17,18)19/h3-5,8-9,12H,2,6-7H2,1H3,(H,20,21)/b13-9+. The number of benzene rings is 1. The first kappa shape index (κ1) is 17.1. The molecule has 0 aromatic heterocycles. The lowest BCUT2D eigenvalue weighted by Crippen LogP contribution is -2.30. The van der Waals surface area contributed by atoms with E-state index in [9.17, 15) is 22.8 Å². The second-order valence-electron chi connectivity index (χ2n) is 5.15. The van der Waals surface area contributed by atoms with Gasteiger partial charge in [0.05, 0.1) is 12.2 Å². The Morgan fingerprint density at radius 3 is 2.61 bits per heavy atom. The summed E-state index contributed by atoms with van der Waals surface area (Å²) in [7, 11) is 0. The number of amides is 1. The number of rotatable bonds is 5. The first-order valence-electron chi connectivity index (χ1n) is 7.18. The second-order valence-corrected chi connectivity index (χ2v) is 5.15. The van der Waals surface area contributed by atoms with Crippen molar-refractivity contribution in [3.05, 3.63) is 41.0 Å². The highest BCUT2D eigenvalue weighted by molar-refractivity contribution is 6.19. The summed E-state index contributed by atoms with van der Waals surface area (Å²) in [6.45, 7) is 1.65. The second kappa shape index (κ2) is 6.85. The lowest BCUT2D eigenvalue weighted by molar-refractivity contribution is -0.140. The van der Waals surface area contributed by atoms with E-state index in [0.29, 0.717) is 0 Å². The number of halogens is 3. The fourth-order valence-electron chi connectivity index (χ4n) is 1.89. The van der Waals surface area contributed by atoms with Crippen LogP contribution in [0, 0.1) is 0 Å². The number of alkyl halides is 3. The van der Waals surface area contributed by atoms with E-state index in [1.54, 1.807) is 6.92 Å². The maximum Gasteiger partial charge on any atom is 0.416 e. The Bertz CT molecular complexity index is 634. The van der Waals surface area contributed by atoms with Crippen molar-refractivity contribution in [3.63, 3.8) is 0 Å². The van der Waals surface area contributed by atoms with Gasteiger partial charge >= 0.3 is 12.1 Å². The molecule has 1 aliphatic carbocycles. The smallest absolute Gasteiger partial charge is 0.416 e. The van der Waals surface area contributed by atoms with Crippen molar-refractivity contribution in [1.29, 1.82) is 0 Å². The molecule has 0 unspecified atom stereocenters. The molecule has 23 heavy (non-hydrogen) atoms. The maximum atomic E-state index is 12.7. The molecule has 1 aromatic rings. The van der Waals surface area contributed by atoms with Gasteiger partial charge in [-0.15, -0.1) is 0 Å². The van der Waals surface area contributed by atoms with Crippen LogP contribution in [0.3, 0.4) is 0 Å². The molecular weight excluding hydrogens is 311 g/mol. The van der Waals surface area contributed by atoms with E-state index in [4.69, 9.17) is 4.74 Å². The monoisotopic (exact) mass is 327 g/mol. The molecule has 0 saturated heterocycles. The Morgan fingerprint density at radius 1 is 1.35 bits per heavy atom. The molecule has 0 radical (unpaired) electrons. The molecule has 0 spiro atoms. The Hall–Kier alpha value is -2.31. The average molecular weight is 327 g/mol. The fraction of sp³-hybridized carbons (Fsp3) is 0.375. The van der Waals surface area contributed by atoms with Crippen molar-refractivity contribution in [1.82, 2.24) is 5.32 Å². The van der Waals surface area contributed by atoms with Gasteiger partial charge in [-0.2, -0.15) is 13.2 Å². The van der Waals surface area contributed by atoms with Crippen LogP contribution in [-0.2, 0) is 20.5 Å². The van der Waals surface area contributed by atoms with E-state index in [2.05, 4.69) is 5.32 Å². The van der Waals surface area contributed by atoms with E-state index in [1.807, 2.05) is 0 Å². The van der Waals surface area contributed by atoms with Gasteiger partial charge in [0, 0.05) is 6.04 Å². The molecule has 1 N–H and O–H groups in total. The molecule has 1 saturated carbocycles. The third-order valence-corrected chi connectivity index (χ3v) is 3.18. The number of carbonyl (C=O) groups is 2. The minimum atomic E-state index is -4.50. The van der Waals surface area contributed by atoms with Crippen LogP contribution >= 0.6 is 0 Å². The van der Waals surface area contributed by atoms with Gasteiger partial charge < -0.3 is 10.1 Å². The molecule has 1 fully saturated rings. The number of nitrogens with one attached hydrogen (secondary N) is 1. The summed E-state index contributed by atoms with van der Waals surface area (Å²) >= 11 is 0. The van der Waals surface area contributed by atoms with Crippen LogP contribution in [0.15, 0.2) is 29.8 Å². The summed E-state index contributed by atoms with van der Waals surface area (Å²) in [6.07, 6.45) is -1.73. The van der Waals surface area contributed by atoms with Crippen LogP contribution in [0.2, 0.25) is 0 Å². The van der Waals surface area contributed by atoms with Crippen LogP contribution in [-0.4, -0.2) is 24.5 Å². The van der Waals surface area contributed by atoms with Crippen molar-refractivity contribution in [2.24, 2.45) is 0 Å². The third kappa shape index (κ3) is 4.84. The quantitative estimate of drug-likeness (QED) is 0.391. The van der Waals surface area contributed by atoms with Crippen molar-refractivity contribution in [2.45, 2.75) is 32.0 Å². The minimum Gasteiger partial charge on any atom is -0.462 e. The average Bonchev–Trinajstić information content (AvgIpc) is 3.28. The van der Waals surface area contributed by atoms with Crippen LogP contribution in [0.4, 0.5) is 13.2 Å². The topological polar surface area (TPSA) is 55.4 Å². The van der Waals surface area contributed by atoms with Crippen LogP contribution in [0.25, 0.3) is 6.08 Å². The summed E-state index contributed by atoms with van der Waals surface area (Å²) in [5, 5.41) is 2.63. The van der Waals surface area contributed by atoms with E-state index in [0.717, 1.165) is 31.1 Å². The Balaban J connectivity index is 2.31. The normalized spacial score (nSPS) is 15.2. The molecule has 0 heterocycles. The highest BCUT2D eigenvalue weighted by Crippen LogP contribution is 2.30. The molecule has 1 aliphatic rings. The number of ether oxygens (including phenoxy) is 1. The van der Waals surface area contributed by atoms with E-state index in [1.165, 1.54) is 12.1 Å². The number of hydrogen-bond acceptors (Lipinski definition) is 3. The van der Waals surface area contributed by atoms with Gasteiger partial charge in [0.1, 0.15) is 5.57 Å². The zero-order valence-electron chi connectivity index (χ0n) is 12.4. The number of esters is 1. The molecule has 0 aliphatic heterocycles. The molecule has 124 valence electrons. The van der Waals surface area contributed by atoms with E-state index >= 15 is 0 Å². The van der Waals surface area contributed by atoms with Gasteiger partial charge in [0.15, 0.2) is 0 Å². The minimum absolute atomic E-state index is 0.0156. The Labute approximate surface area is 131 Å². The third-order valence-electron chi connectivity index (χ3n) is 3.18. The van der Waals surface area contributed by atoms with Crippen molar-refractivity contribution >= 4 is 18.0 Å².